The van der Waals surface area contributed by atoms with E-state index < -0.39 is 13.0 Å². The number of anilines is 2. The Hall–Kier alpha value is -3.74. The summed E-state index contributed by atoms with van der Waals surface area (Å²) in [6.07, 6.45) is 1.72. The maximum absolute atomic E-state index is 12.8. The lowest BCUT2D eigenvalue weighted by atomic mass is 10.2. The lowest BCUT2D eigenvalue weighted by Gasteiger charge is -2.08. The van der Waals surface area contributed by atoms with Gasteiger partial charge >= 0.3 is 5.69 Å². The summed E-state index contributed by atoms with van der Waals surface area (Å²) in [5.41, 5.74) is 4.03. The van der Waals surface area contributed by atoms with E-state index in [-0.39, 0.29) is 11.6 Å². The molecular weight excluding hydrogens is 428 g/mol. The lowest BCUT2D eigenvalue weighted by molar-refractivity contribution is 0.122. The second kappa shape index (κ2) is 7.19. The van der Waals surface area contributed by atoms with Gasteiger partial charge < -0.3 is 5.32 Å². The van der Waals surface area contributed by atoms with E-state index in [9.17, 15) is 13.6 Å². The zero-order chi connectivity index (χ0) is 21.7. The largest absolute Gasteiger partial charge is 0.334 e. The molecule has 0 amide bonds. The Morgan fingerprint density at radius 3 is 2.74 bits per heavy atom. The van der Waals surface area contributed by atoms with Crippen LogP contribution in [0.4, 0.5) is 20.4 Å². The molecule has 4 heterocycles. The van der Waals surface area contributed by atoms with Crippen LogP contribution in [-0.2, 0) is 13.6 Å². The van der Waals surface area contributed by atoms with E-state index in [1.165, 1.54) is 27.7 Å². The lowest BCUT2D eigenvalue weighted by Crippen LogP contribution is -2.20. The molecule has 0 saturated carbocycles. The number of alkyl halides is 2. The van der Waals surface area contributed by atoms with Crippen molar-refractivity contribution in [2.75, 3.05) is 5.32 Å². The van der Waals surface area contributed by atoms with Gasteiger partial charge in [0.15, 0.2) is 5.65 Å². The highest BCUT2D eigenvalue weighted by molar-refractivity contribution is 7.00. The molecule has 0 aliphatic heterocycles. The fraction of sp³-hybridized carbons (Fsp3) is 0.222. The van der Waals surface area contributed by atoms with Crippen LogP contribution < -0.4 is 11.0 Å². The van der Waals surface area contributed by atoms with E-state index in [1.807, 2.05) is 19.1 Å². The number of nitrogens with one attached hydrogen (secondary N) is 1. The predicted octanol–water partition coefficient (Wildman–Crippen LogP) is 2.64. The Balaban J connectivity index is 1.58. The third-order valence-electron chi connectivity index (χ3n) is 4.85. The number of imidazole rings is 1. The van der Waals surface area contributed by atoms with E-state index in [0.717, 1.165) is 38.7 Å². The highest BCUT2D eigenvalue weighted by atomic mass is 32.1. The van der Waals surface area contributed by atoms with Crippen molar-refractivity contribution in [2.45, 2.75) is 19.9 Å². The number of rotatable bonds is 5. The summed E-state index contributed by atoms with van der Waals surface area (Å²) in [6, 6.07) is 3.77. The molecule has 0 radical (unpaired) electrons. The molecule has 10 nitrogen and oxygen atoms in total. The maximum Gasteiger partial charge on any atom is 0.334 e. The second-order valence-corrected chi connectivity index (χ2v) is 7.46. The van der Waals surface area contributed by atoms with Crippen LogP contribution in [0.1, 0.15) is 5.56 Å². The van der Waals surface area contributed by atoms with Crippen molar-refractivity contribution >= 4 is 45.6 Å². The van der Waals surface area contributed by atoms with Gasteiger partial charge in [-0.25, -0.2) is 23.1 Å². The highest BCUT2D eigenvalue weighted by Crippen LogP contribution is 2.25. The van der Waals surface area contributed by atoms with Crippen LogP contribution >= 0.6 is 11.7 Å². The van der Waals surface area contributed by atoms with Gasteiger partial charge in [-0.3, -0.25) is 9.25 Å². The number of hydrogen-bond acceptors (Lipinski definition) is 8. The molecular formula is C18H15F2N9OS. The average Bonchev–Trinajstić information content (AvgIpc) is 3.41. The summed E-state index contributed by atoms with van der Waals surface area (Å²) >= 11 is 1.13. The van der Waals surface area contributed by atoms with Gasteiger partial charge in [-0.2, -0.15) is 18.8 Å². The van der Waals surface area contributed by atoms with E-state index in [2.05, 4.69) is 29.1 Å². The van der Waals surface area contributed by atoms with Crippen molar-refractivity contribution in [1.29, 1.82) is 0 Å². The Morgan fingerprint density at radius 1 is 1.19 bits per heavy atom. The van der Waals surface area contributed by atoms with Crippen molar-refractivity contribution in [2.24, 2.45) is 7.05 Å². The van der Waals surface area contributed by atoms with Crippen LogP contribution in [-0.4, -0.2) is 44.1 Å². The van der Waals surface area contributed by atoms with Crippen LogP contribution in [0.3, 0.4) is 0 Å². The summed E-state index contributed by atoms with van der Waals surface area (Å²) in [7, 11) is 1.59. The number of benzene rings is 1. The quantitative estimate of drug-likeness (QED) is 0.445. The summed E-state index contributed by atoms with van der Waals surface area (Å²) in [4.78, 5) is 21.6. The fourth-order valence-corrected chi connectivity index (χ4v) is 3.81. The van der Waals surface area contributed by atoms with Gasteiger partial charge in [0.05, 0.1) is 29.8 Å². The molecule has 13 heteroatoms. The van der Waals surface area contributed by atoms with Crippen LogP contribution in [0.2, 0.25) is 0 Å². The molecule has 31 heavy (non-hydrogen) atoms. The van der Waals surface area contributed by atoms with Crippen molar-refractivity contribution in [1.82, 2.24) is 37.6 Å². The van der Waals surface area contributed by atoms with E-state index >= 15 is 0 Å². The summed E-state index contributed by atoms with van der Waals surface area (Å²) in [5.74, 6) is 0.275. The first-order valence-corrected chi connectivity index (χ1v) is 9.89. The van der Waals surface area contributed by atoms with Crippen LogP contribution in [0.15, 0.2) is 35.5 Å². The number of nitrogens with zero attached hydrogens (tertiary/aromatic N) is 8. The number of halogens is 2. The normalized spacial score (nSPS) is 11.8. The molecule has 0 spiro atoms. The first-order chi connectivity index (χ1) is 14.9. The molecule has 1 aromatic carbocycles. The molecule has 4 aromatic heterocycles. The number of aromatic nitrogens is 8. The highest BCUT2D eigenvalue weighted by Gasteiger charge is 2.17. The second-order valence-electron chi connectivity index (χ2n) is 6.94. The number of aryl methyl sites for hydroxylation is 2. The van der Waals surface area contributed by atoms with Crippen molar-refractivity contribution in [3.05, 3.63) is 46.8 Å². The summed E-state index contributed by atoms with van der Waals surface area (Å²) < 4.78 is 37.6. The van der Waals surface area contributed by atoms with Crippen molar-refractivity contribution in [3.63, 3.8) is 0 Å². The maximum atomic E-state index is 12.8. The summed E-state index contributed by atoms with van der Waals surface area (Å²) in [6.45, 7) is 1.37. The molecule has 0 saturated heterocycles. The van der Waals surface area contributed by atoms with Gasteiger partial charge in [-0.05, 0) is 24.6 Å². The van der Waals surface area contributed by atoms with Gasteiger partial charge in [0.2, 0.25) is 5.95 Å². The van der Waals surface area contributed by atoms with Crippen LogP contribution in [0.5, 0.6) is 0 Å². The zero-order valence-corrected chi connectivity index (χ0v) is 17.1. The van der Waals surface area contributed by atoms with E-state index in [0.29, 0.717) is 16.9 Å². The minimum Gasteiger partial charge on any atom is -0.324 e. The molecule has 5 rings (SSSR count). The zero-order valence-electron chi connectivity index (χ0n) is 16.3. The molecule has 0 aliphatic carbocycles. The third-order valence-corrected chi connectivity index (χ3v) is 5.41. The standard InChI is InChI=1S/C18H15F2N9OS/c1-9-3-12-13(26-31-25-12)4-11(9)23-17-21-6-14-16(24-17)29(18(30)27(14)2)10-5-22-28(7-10)8-15(19)20/h3-7,15H,8H2,1-2H3,(H,21,23,24). The topological polar surface area (TPSA) is 108 Å². The first kappa shape index (κ1) is 19.2. The molecule has 0 unspecified atom stereocenters. The van der Waals surface area contributed by atoms with Gasteiger partial charge in [-0.1, -0.05) is 0 Å². The Bertz CT molecular complexity index is 1480. The number of fused-ring (bicyclic) bond motifs is 2. The third kappa shape index (κ3) is 3.32. The smallest absolute Gasteiger partial charge is 0.324 e. The Kier molecular flexibility index (Phi) is 4.46. The summed E-state index contributed by atoms with van der Waals surface area (Å²) in [5, 5.41) is 7.07. The molecule has 0 fully saturated rings. The molecule has 158 valence electrons. The molecule has 0 aliphatic rings. The minimum atomic E-state index is -2.55. The number of hydrogen-bond donors (Lipinski definition) is 1. The molecule has 1 N–H and O–H groups in total. The first-order valence-electron chi connectivity index (χ1n) is 9.16. The van der Waals surface area contributed by atoms with Gasteiger partial charge in [0, 0.05) is 18.9 Å². The Morgan fingerprint density at radius 2 is 1.97 bits per heavy atom. The average molecular weight is 443 g/mol. The SMILES string of the molecule is Cc1cc2nsnc2cc1Nc1ncc2c(n1)n(-c1cnn(CC(F)F)c1)c(=O)n2C. The van der Waals surface area contributed by atoms with Crippen LogP contribution in [0, 0.1) is 6.92 Å². The van der Waals surface area contributed by atoms with Crippen molar-refractivity contribution < 1.29 is 8.78 Å². The Labute approximate surface area is 177 Å². The molecule has 0 atom stereocenters. The van der Waals surface area contributed by atoms with E-state index in [4.69, 9.17) is 0 Å². The minimum absolute atomic E-state index is 0.275. The molecule has 5 aromatic rings. The van der Waals surface area contributed by atoms with Gasteiger partial charge in [-0.15, -0.1) is 0 Å². The van der Waals surface area contributed by atoms with Gasteiger partial charge in [0.25, 0.3) is 6.43 Å². The fourth-order valence-electron chi connectivity index (χ4n) is 3.30. The van der Waals surface area contributed by atoms with Crippen LogP contribution in [0.25, 0.3) is 27.9 Å². The molecule has 0 bridgehead atoms. The van der Waals surface area contributed by atoms with Crippen molar-refractivity contribution in [3.8, 4) is 5.69 Å². The predicted molar refractivity (Wildman–Crippen MR) is 111 cm³/mol. The van der Waals surface area contributed by atoms with Gasteiger partial charge in [0.1, 0.15) is 23.1 Å². The van der Waals surface area contributed by atoms with E-state index in [1.54, 1.807) is 7.05 Å². The monoisotopic (exact) mass is 443 g/mol.